The van der Waals surface area contributed by atoms with Gasteiger partial charge in [0.2, 0.25) is 0 Å². The summed E-state index contributed by atoms with van der Waals surface area (Å²) in [5.74, 6) is -0.355. The Kier molecular flexibility index (Phi) is 6.74. The summed E-state index contributed by atoms with van der Waals surface area (Å²) in [5, 5.41) is 18.7. The van der Waals surface area contributed by atoms with E-state index in [1.165, 1.54) is 7.11 Å². The minimum absolute atomic E-state index is 0.0720. The summed E-state index contributed by atoms with van der Waals surface area (Å²) in [4.78, 5) is 11.4. The van der Waals surface area contributed by atoms with Gasteiger partial charge in [-0.25, -0.2) is 4.79 Å². The lowest BCUT2D eigenvalue weighted by Gasteiger charge is -2.13. The zero-order valence-electron chi connectivity index (χ0n) is 10.3. The van der Waals surface area contributed by atoms with E-state index in [-0.39, 0.29) is 18.1 Å². The second kappa shape index (κ2) is 7.23. The molecule has 0 fully saturated rings. The zero-order valence-corrected chi connectivity index (χ0v) is 10.3. The Morgan fingerprint density at radius 3 is 2.38 bits per heavy atom. The third kappa shape index (κ3) is 5.12. The van der Waals surface area contributed by atoms with Crippen LogP contribution in [0.4, 0.5) is 0 Å². The summed E-state index contributed by atoms with van der Waals surface area (Å²) >= 11 is 0. The summed E-state index contributed by atoms with van der Waals surface area (Å²) in [7, 11) is 1.25. The van der Waals surface area contributed by atoms with Gasteiger partial charge in [-0.15, -0.1) is 5.73 Å². The molecule has 0 aromatic heterocycles. The van der Waals surface area contributed by atoms with Crippen LogP contribution in [0, 0.1) is 5.92 Å². The van der Waals surface area contributed by atoms with Crippen molar-refractivity contribution in [1.82, 2.24) is 0 Å². The fraction of sp³-hybridized carbons (Fsp3) is 0.667. The van der Waals surface area contributed by atoms with Gasteiger partial charge in [0, 0.05) is 0 Å². The molecule has 4 heteroatoms. The normalized spacial score (nSPS) is 11.9. The van der Waals surface area contributed by atoms with Crippen LogP contribution in [-0.4, -0.2) is 36.0 Å². The van der Waals surface area contributed by atoms with E-state index < -0.39 is 12.1 Å². The van der Waals surface area contributed by atoms with Crippen LogP contribution in [0.3, 0.4) is 0 Å². The van der Waals surface area contributed by atoms with E-state index in [0.29, 0.717) is 12.0 Å². The second-order valence-corrected chi connectivity index (χ2v) is 4.11. The first kappa shape index (κ1) is 14.9. The van der Waals surface area contributed by atoms with Crippen LogP contribution in [0.15, 0.2) is 16.9 Å². The maximum Gasteiger partial charge on any atom is 0.344 e. The number of aliphatic hydroxyl groups excluding tert-OH is 2. The van der Waals surface area contributed by atoms with Crippen LogP contribution in [0.2, 0.25) is 0 Å². The first-order valence-corrected chi connectivity index (χ1v) is 5.25. The first-order chi connectivity index (χ1) is 7.42. The Labute approximate surface area is 96.2 Å². The fourth-order valence-electron chi connectivity index (χ4n) is 1.21. The second-order valence-electron chi connectivity index (χ2n) is 4.11. The predicted molar refractivity (Wildman–Crippen MR) is 60.8 cm³/mol. The van der Waals surface area contributed by atoms with E-state index in [0.717, 1.165) is 0 Å². The van der Waals surface area contributed by atoms with Crippen LogP contribution in [-0.2, 0) is 9.53 Å². The zero-order chi connectivity index (χ0) is 12.7. The molecule has 1 atom stereocenters. The van der Waals surface area contributed by atoms with Crippen molar-refractivity contribution in [2.75, 3.05) is 13.7 Å². The van der Waals surface area contributed by atoms with Gasteiger partial charge in [-0.2, -0.15) is 0 Å². The lowest BCUT2D eigenvalue weighted by molar-refractivity contribution is -0.137. The number of methoxy groups -OCH3 is 1. The molecule has 0 bridgehead atoms. The fourth-order valence-corrected chi connectivity index (χ4v) is 1.21. The average molecular weight is 228 g/mol. The van der Waals surface area contributed by atoms with Gasteiger partial charge in [0.25, 0.3) is 0 Å². The van der Waals surface area contributed by atoms with Gasteiger partial charge >= 0.3 is 5.97 Å². The van der Waals surface area contributed by atoms with Gasteiger partial charge in [0.05, 0.1) is 19.8 Å². The van der Waals surface area contributed by atoms with Crippen molar-refractivity contribution < 1.29 is 19.7 Å². The Morgan fingerprint density at radius 1 is 1.44 bits per heavy atom. The SMILES string of the molecule is COC(=O)C(=C=C(C)CO)C(O)CC(C)C. The predicted octanol–water partition coefficient (Wildman–Crippen LogP) is 1.03. The molecule has 1 unspecified atom stereocenters. The summed E-state index contributed by atoms with van der Waals surface area (Å²) in [6, 6.07) is 0. The van der Waals surface area contributed by atoms with E-state index in [1.807, 2.05) is 13.8 Å². The van der Waals surface area contributed by atoms with Crippen molar-refractivity contribution in [3.63, 3.8) is 0 Å². The van der Waals surface area contributed by atoms with Crippen molar-refractivity contribution in [1.29, 1.82) is 0 Å². The highest BCUT2D eigenvalue weighted by atomic mass is 16.5. The van der Waals surface area contributed by atoms with Gasteiger partial charge in [-0.05, 0) is 24.8 Å². The highest BCUT2D eigenvalue weighted by Crippen LogP contribution is 2.13. The summed E-state index contributed by atoms with van der Waals surface area (Å²) in [6.07, 6.45) is -0.454. The molecule has 0 radical (unpaired) electrons. The third-order valence-electron chi connectivity index (χ3n) is 2.02. The van der Waals surface area contributed by atoms with Crippen molar-refractivity contribution in [3.8, 4) is 0 Å². The Balaban J connectivity index is 5.11. The van der Waals surface area contributed by atoms with Crippen molar-refractivity contribution in [3.05, 3.63) is 16.9 Å². The maximum absolute atomic E-state index is 11.4. The minimum atomic E-state index is -0.908. The van der Waals surface area contributed by atoms with E-state index >= 15 is 0 Å². The van der Waals surface area contributed by atoms with Gasteiger partial charge < -0.3 is 14.9 Å². The number of rotatable bonds is 5. The molecule has 0 rings (SSSR count). The average Bonchev–Trinajstić information content (AvgIpc) is 2.23. The molecule has 0 aliphatic rings. The molecule has 92 valence electrons. The molecule has 0 aliphatic carbocycles. The summed E-state index contributed by atoms with van der Waals surface area (Å²) in [6.45, 7) is 5.32. The number of carbonyl (C=O) groups is 1. The van der Waals surface area contributed by atoms with Crippen LogP contribution >= 0.6 is 0 Å². The number of carbonyl (C=O) groups excluding carboxylic acids is 1. The molecule has 0 amide bonds. The first-order valence-electron chi connectivity index (χ1n) is 5.25. The molecular formula is C12H20O4. The maximum atomic E-state index is 11.4. The molecular weight excluding hydrogens is 208 g/mol. The lowest BCUT2D eigenvalue weighted by Crippen LogP contribution is -2.20. The minimum Gasteiger partial charge on any atom is -0.465 e. The van der Waals surface area contributed by atoms with Crippen LogP contribution in [0.5, 0.6) is 0 Å². The largest absolute Gasteiger partial charge is 0.465 e. The van der Waals surface area contributed by atoms with Crippen LogP contribution < -0.4 is 0 Å². The molecule has 0 heterocycles. The van der Waals surface area contributed by atoms with E-state index in [1.54, 1.807) is 6.92 Å². The molecule has 0 aliphatic heterocycles. The molecule has 0 aromatic rings. The molecule has 0 saturated heterocycles. The number of ether oxygens (including phenoxy) is 1. The van der Waals surface area contributed by atoms with Gasteiger partial charge in [0.1, 0.15) is 5.57 Å². The Morgan fingerprint density at radius 2 is 2.00 bits per heavy atom. The molecule has 0 aromatic carbocycles. The highest BCUT2D eigenvalue weighted by molar-refractivity contribution is 5.89. The summed E-state index contributed by atoms with van der Waals surface area (Å²) < 4.78 is 4.57. The molecule has 0 saturated carbocycles. The molecule has 16 heavy (non-hydrogen) atoms. The van der Waals surface area contributed by atoms with E-state index in [4.69, 9.17) is 5.11 Å². The number of aliphatic hydroxyl groups is 2. The van der Waals surface area contributed by atoms with Crippen LogP contribution in [0.1, 0.15) is 27.2 Å². The van der Waals surface area contributed by atoms with Crippen molar-refractivity contribution in [2.24, 2.45) is 5.92 Å². The topological polar surface area (TPSA) is 66.8 Å². The Hall–Kier alpha value is -1.09. The highest BCUT2D eigenvalue weighted by Gasteiger charge is 2.20. The van der Waals surface area contributed by atoms with E-state index in [9.17, 15) is 9.90 Å². The van der Waals surface area contributed by atoms with Gasteiger partial charge in [-0.1, -0.05) is 13.8 Å². The number of esters is 1. The smallest absolute Gasteiger partial charge is 0.344 e. The van der Waals surface area contributed by atoms with Crippen molar-refractivity contribution in [2.45, 2.75) is 33.3 Å². The standard InChI is InChI=1S/C12H20O4/c1-8(2)5-11(14)10(12(15)16-4)6-9(3)7-13/h8,11,13-14H,5,7H2,1-4H3. The molecule has 4 nitrogen and oxygen atoms in total. The van der Waals surface area contributed by atoms with Gasteiger partial charge in [0.15, 0.2) is 0 Å². The number of hydrogen-bond acceptors (Lipinski definition) is 4. The molecule has 2 N–H and O–H groups in total. The third-order valence-corrected chi connectivity index (χ3v) is 2.02. The van der Waals surface area contributed by atoms with Gasteiger partial charge in [-0.3, -0.25) is 0 Å². The number of hydrogen-bond donors (Lipinski definition) is 2. The quantitative estimate of drug-likeness (QED) is 0.419. The monoisotopic (exact) mass is 228 g/mol. The van der Waals surface area contributed by atoms with E-state index in [2.05, 4.69) is 10.5 Å². The molecule has 0 spiro atoms. The Bertz CT molecular complexity index is 298. The van der Waals surface area contributed by atoms with Crippen LogP contribution in [0.25, 0.3) is 0 Å². The lowest BCUT2D eigenvalue weighted by atomic mass is 9.99. The summed E-state index contributed by atoms with van der Waals surface area (Å²) in [5.41, 5.74) is 3.24. The van der Waals surface area contributed by atoms with Crippen molar-refractivity contribution >= 4 is 5.97 Å².